The summed E-state index contributed by atoms with van der Waals surface area (Å²) in [7, 11) is 3.06. The van der Waals surface area contributed by atoms with Crippen LogP contribution in [-0.2, 0) is 4.79 Å². The van der Waals surface area contributed by atoms with Gasteiger partial charge in [0.2, 0.25) is 5.91 Å². The van der Waals surface area contributed by atoms with Gasteiger partial charge in [-0.1, -0.05) is 13.8 Å². The monoisotopic (exact) mass is 405 g/mol. The SMILES string of the molecule is COc1cc(OC)cc(C(=O)N(CC(=O)Nc2nc(C)c(C)s2)CC(C)C)c1. The van der Waals surface area contributed by atoms with Crippen molar-refractivity contribution in [1.29, 1.82) is 0 Å². The molecule has 7 nitrogen and oxygen atoms in total. The van der Waals surface area contributed by atoms with Crippen molar-refractivity contribution in [3.05, 3.63) is 34.3 Å². The number of anilines is 1. The number of ether oxygens (including phenoxy) is 2. The Morgan fingerprint density at radius 3 is 2.21 bits per heavy atom. The Morgan fingerprint density at radius 1 is 1.14 bits per heavy atom. The fraction of sp³-hybridized carbons (Fsp3) is 0.450. The second-order valence-corrected chi connectivity index (χ2v) is 8.09. The Kier molecular flexibility index (Phi) is 7.39. The van der Waals surface area contributed by atoms with E-state index in [1.165, 1.54) is 30.5 Å². The summed E-state index contributed by atoms with van der Waals surface area (Å²) in [4.78, 5) is 32.5. The molecule has 8 heteroatoms. The van der Waals surface area contributed by atoms with Crippen molar-refractivity contribution in [3.8, 4) is 11.5 Å². The molecule has 0 saturated heterocycles. The van der Waals surface area contributed by atoms with Crippen LogP contribution in [-0.4, -0.2) is 49.0 Å². The molecule has 2 amide bonds. The van der Waals surface area contributed by atoms with E-state index in [0.29, 0.717) is 28.7 Å². The Hall–Kier alpha value is -2.61. The molecular weight excluding hydrogens is 378 g/mol. The number of rotatable bonds is 8. The summed E-state index contributed by atoms with van der Waals surface area (Å²) >= 11 is 1.42. The number of hydrogen-bond donors (Lipinski definition) is 1. The van der Waals surface area contributed by atoms with Crippen molar-refractivity contribution >= 4 is 28.3 Å². The van der Waals surface area contributed by atoms with Crippen LogP contribution >= 0.6 is 11.3 Å². The predicted octanol–water partition coefficient (Wildman–Crippen LogP) is 3.51. The molecule has 0 unspecified atom stereocenters. The number of thiazole rings is 1. The van der Waals surface area contributed by atoms with Crippen LogP contribution in [0.25, 0.3) is 0 Å². The van der Waals surface area contributed by atoms with Gasteiger partial charge < -0.3 is 19.7 Å². The number of methoxy groups -OCH3 is 2. The zero-order valence-electron chi connectivity index (χ0n) is 17.2. The first-order valence-corrected chi connectivity index (χ1v) is 9.81. The number of nitrogens with one attached hydrogen (secondary N) is 1. The van der Waals surface area contributed by atoms with Gasteiger partial charge in [0.15, 0.2) is 5.13 Å². The highest BCUT2D eigenvalue weighted by molar-refractivity contribution is 7.15. The normalized spacial score (nSPS) is 10.7. The highest BCUT2D eigenvalue weighted by Crippen LogP contribution is 2.24. The lowest BCUT2D eigenvalue weighted by molar-refractivity contribution is -0.117. The third-order valence-corrected chi connectivity index (χ3v) is 5.07. The molecule has 0 spiro atoms. The fourth-order valence-corrected chi connectivity index (χ4v) is 3.46. The second-order valence-electron chi connectivity index (χ2n) is 6.89. The number of hydrogen-bond acceptors (Lipinski definition) is 6. The molecule has 0 aliphatic heterocycles. The van der Waals surface area contributed by atoms with Crippen molar-refractivity contribution in [2.45, 2.75) is 27.7 Å². The van der Waals surface area contributed by atoms with Gasteiger partial charge in [-0.2, -0.15) is 0 Å². The Morgan fingerprint density at radius 2 is 1.75 bits per heavy atom. The maximum atomic E-state index is 13.1. The smallest absolute Gasteiger partial charge is 0.254 e. The van der Waals surface area contributed by atoms with Gasteiger partial charge in [-0.15, -0.1) is 11.3 Å². The van der Waals surface area contributed by atoms with Crippen LogP contribution in [0.1, 0.15) is 34.8 Å². The van der Waals surface area contributed by atoms with Crippen LogP contribution in [0.5, 0.6) is 11.5 Å². The van der Waals surface area contributed by atoms with Gasteiger partial charge in [-0.05, 0) is 31.9 Å². The van der Waals surface area contributed by atoms with Gasteiger partial charge in [-0.25, -0.2) is 4.98 Å². The molecule has 1 heterocycles. The third-order valence-electron chi connectivity index (χ3n) is 4.08. The number of aromatic nitrogens is 1. The van der Waals surface area contributed by atoms with E-state index < -0.39 is 0 Å². The largest absolute Gasteiger partial charge is 0.497 e. The third kappa shape index (κ3) is 5.69. The maximum absolute atomic E-state index is 13.1. The van der Waals surface area contributed by atoms with Gasteiger partial charge >= 0.3 is 0 Å². The molecule has 0 saturated carbocycles. The minimum atomic E-state index is -0.280. The number of nitrogens with zero attached hydrogens (tertiary/aromatic N) is 2. The molecule has 0 radical (unpaired) electrons. The summed E-state index contributed by atoms with van der Waals surface area (Å²) in [5.41, 5.74) is 1.30. The van der Waals surface area contributed by atoms with Crippen LogP contribution in [0.4, 0.5) is 5.13 Å². The summed E-state index contributed by atoms with van der Waals surface area (Å²) in [6.07, 6.45) is 0. The molecule has 0 aliphatic carbocycles. The topological polar surface area (TPSA) is 80.8 Å². The van der Waals surface area contributed by atoms with E-state index in [9.17, 15) is 9.59 Å². The molecule has 1 aromatic heterocycles. The second kappa shape index (κ2) is 9.54. The van der Waals surface area contributed by atoms with E-state index in [-0.39, 0.29) is 24.3 Å². The maximum Gasteiger partial charge on any atom is 0.254 e. The summed E-state index contributed by atoms with van der Waals surface area (Å²) < 4.78 is 10.5. The molecule has 152 valence electrons. The highest BCUT2D eigenvalue weighted by Gasteiger charge is 2.22. The summed E-state index contributed by atoms with van der Waals surface area (Å²) in [6, 6.07) is 4.98. The quantitative estimate of drug-likeness (QED) is 0.727. The van der Waals surface area contributed by atoms with E-state index >= 15 is 0 Å². The number of benzene rings is 1. The molecule has 1 aromatic carbocycles. The van der Waals surface area contributed by atoms with Crippen LogP contribution in [0.15, 0.2) is 18.2 Å². The number of carbonyl (C=O) groups excluding carboxylic acids is 2. The van der Waals surface area contributed by atoms with E-state index in [0.717, 1.165) is 10.6 Å². The number of carbonyl (C=O) groups is 2. The first-order chi connectivity index (χ1) is 13.2. The molecular formula is C20H27N3O4S. The lowest BCUT2D eigenvalue weighted by Gasteiger charge is -2.24. The van der Waals surface area contributed by atoms with Crippen LogP contribution in [0.3, 0.4) is 0 Å². The van der Waals surface area contributed by atoms with Gasteiger partial charge in [0.1, 0.15) is 18.0 Å². The zero-order chi connectivity index (χ0) is 20.8. The average molecular weight is 406 g/mol. The molecule has 0 fully saturated rings. The van der Waals surface area contributed by atoms with Crippen molar-refractivity contribution in [2.75, 3.05) is 32.6 Å². The highest BCUT2D eigenvalue weighted by atomic mass is 32.1. The Labute approximate surface area is 169 Å². The number of amides is 2. The van der Waals surface area contributed by atoms with Crippen molar-refractivity contribution in [3.63, 3.8) is 0 Å². The molecule has 0 bridgehead atoms. The van der Waals surface area contributed by atoms with Crippen molar-refractivity contribution < 1.29 is 19.1 Å². The van der Waals surface area contributed by atoms with Crippen molar-refractivity contribution in [2.24, 2.45) is 5.92 Å². The Bertz CT molecular complexity index is 806. The molecule has 0 atom stereocenters. The van der Waals surface area contributed by atoms with E-state index in [4.69, 9.17) is 9.47 Å². The van der Waals surface area contributed by atoms with Crippen LogP contribution in [0, 0.1) is 19.8 Å². The van der Waals surface area contributed by atoms with Crippen LogP contribution < -0.4 is 14.8 Å². The van der Waals surface area contributed by atoms with Gasteiger partial charge in [0, 0.05) is 23.1 Å². The summed E-state index contributed by atoms with van der Waals surface area (Å²) in [6.45, 7) is 8.23. The Balaban J connectivity index is 2.20. The zero-order valence-corrected chi connectivity index (χ0v) is 18.0. The molecule has 1 N–H and O–H groups in total. The lowest BCUT2D eigenvalue weighted by atomic mass is 10.1. The van der Waals surface area contributed by atoms with E-state index in [1.807, 2.05) is 27.7 Å². The minimum Gasteiger partial charge on any atom is -0.497 e. The van der Waals surface area contributed by atoms with Crippen molar-refractivity contribution in [1.82, 2.24) is 9.88 Å². The molecule has 0 aliphatic rings. The van der Waals surface area contributed by atoms with Gasteiger partial charge in [0.05, 0.1) is 19.9 Å². The standard InChI is InChI=1S/C20H27N3O4S/c1-12(2)10-23(11-18(24)22-20-21-13(3)14(4)28-20)19(25)15-7-16(26-5)9-17(8-15)27-6/h7-9,12H,10-11H2,1-6H3,(H,21,22,24). The minimum absolute atomic E-state index is 0.0613. The summed E-state index contributed by atoms with van der Waals surface area (Å²) in [5.74, 6) is 0.703. The molecule has 2 aromatic rings. The van der Waals surface area contributed by atoms with E-state index in [1.54, 1.807) is 18.2 Å². The fourth-order valence-electron chi connectivity index (χ4n) is 2.63. The van der Waals surface area contributed by atoms with E-state index in [2.05, 4.69) is 10.3 Å². The first-order valence-electron chi connectivity index (χ1n) is 8.99. The first kappa shape index (κ1) is 21.7. The average Bonchev–Trinajstić information content (AvgIpc) is 2.96. The lowest BCUT2D eigenvalue weighted by Crippen LogP contribution is -2.40. The number of aryl methyl sites for hydroxylation is 2. The van der Waals surface area contributed by atoms with Crippen LogP contribution in [0.2, 0.25) is 0 Å². The molecule has 28 heavy (non-hydrogen) atoms. The van der Waals surface area contributed by atoms with Gasteiger partial charge in [-0.3, -0.25) is 9.59 Å². The predicted molar refractivity (Wildman–Crippen MR) is 111 cm³/mol. The summed E-state index contributed by atoms with van der Waals surface area (Å²) in [5, 5.41) is 3.33. The molecule has 2 rings (SSSR count). The van der Waals surface area contributed by atoms with Gasteiger partial charge in [0.25, 0.3) is 5.91 Å².